The molecule has 0 bridgehead atoms. The largest absolute Gasteiger partial charge is 0.395 e. The van der Waals surface area contributed by atoms with Gasteiger partial charge in [0.15, 0.2) is 5.79 Å². The number of fused-ring (bicyclic) bond motifs is 1. The number of hydrogen-bond donors (Lipinski definition) is 1. The predicted molar refractivity (Wildman–Crippen MR) is 76.1 cm³/mol. The van der Waals surface area contributed by atoms with E-state index in [1.807, 2.05) is 32.0 Å². The molecule has 1 aromatic rings. The topological polar surface area (TPSA) is 41.9 Å². The minimum absolute atomic E-state index is 0.00280. The molecule has 1 N–H and O–H groups in total. The van der Waals surface area contributed by atoms with Crippen molar-refractivity contribution in [2.45, 2.75) is 57.4 Å². The van der Waals surface area contributed by atoms with Crippen LogP contribution in [0.25, 0.3) is 0 Å². The number of aliphatic hydroxyl groups is 1. The van der Waals surface area contributed by atoms with Gasteiger partial charge in [-0.3, -0.25) is 4.90 Å². The van der Waals surface area contributed by atoms with Gasteiger partial charge >= 0.3 is 0 Å². The first kappa shape index (κ1) is 14.0. The molecule has 2 aliphatic rings. The zero-order valence-electron chi connectivity index (χ0n) is 12.3. The van der Waals surface area contributed by atoms with Crippen LogP contribution in [-0.4, -0.2) is 46.7 Å². The summed E-state index contributed by atoms with van der Waals surface area (Å²) in [6.45, 7) is 6.94. The molecule has 4 atom stereocenters. The molecule has 4 nitrogen and oxygen atoms in total. The molecule has 0 radical (unpaired) electrons. The zero-order chi connectivity index (χ0) is 14.3. The summed E-state index contributed by atoms with van der Waals surface area (Å²) < 4.78 is 12.0. The molecule has 2 heterocycles. The summed E-state index contributed by atoms with van der Waals surface area (Å²) >= 11 is 0. The highest BCUT2D eigenvalue weighted by Crippen LogP contribution is 2.40. The number of likely N-dealkylation sites (tertiary alicyclic amines) is 1. The van der Waals surface area contributed by atoms with Gasteiger partial charge in [-0.05, 0) is 26.3 Å². The predicted octanol–water partition coefficient (Wildman–Crippen LogP) is 1.77. The monoisotopic (exact) mass is 277 g/mol. The van der Waals surface area contributed by atoms with Crippen molar-refractivity contribution in [3.63, 3.8) is 0 Å². The SMILES string of the molecule is C[C@H]1[C@H]2OC(C)(C)O[C@H]2[C@H](CO)N1Cc1ccccc1. The Bertz CT molecular complexity index is 462. The molecule has 0 aromatic heterocycles. The normalized spacial score (nSPS) is 36.2. The molecule has 110 valence electrons. The third-order valence-corrected chi connectivity index (χ3v) is 4.36. The van der Waals surface area contributed by atoms with Gasteiger partial charge in [0.25, 0.3) is 0 Å². The van der Waals surface area contributed by atoms with Gasteiger partial charge in [-0.2, -0.15) is 0 Å². The molecule has 4 heteroatoms. The van der Waals surface area contributed by atoms with Gasteiger partial charge in [-0.1, -0.05) is 30.3 Å². The average Bonchev–Trinajstić information content (AvgIpc) is 2.85. The van der Waals surface area contributed by atoms with E-state index >= 15 is 0 Å². The first-order valence-electron chi connectivity index (χ1n) is 7.28. The lowest BCUT2D eigenvalue weighted by Crippen LogP contribution is -2.43. The zero-order valence-corrected chi connectivity index (χ0v) is 12.3. The number of nitrogens with zero attached hydrogens (tertiary/aromatic N) is 1. The van der Waals surface area contributed by atoms with E-state index in [1.165, 1.54) is 5.56 Å². The summed E-state index contributed by atoms with van der Waals surface area (Å²) in [5, 5.41) is 9.77. The first-order valence-corrected chi connectivity index (χ1v) is 7.28. The van der Waals surface area contributed by atoms with Gasteiger partial charge in [0, 0.05) is 12.6 Å². The highest BCUT2D eigenvalue weighted by molar-refractivity contribution is 5.16. The maximum atomic E-state index is 9.77. The van der Waals surface area contributed by atoms with Crippen molar-refractivity contribution in [3.8, 4) is 0 Å². The van der Waals surface area contributed by atoms with E-state index in [4.69, 9.17) is 9.47 Å². The summed E-state index contributed by atoms with van der Waals surface area (Å²) in [5.74, 6) is -0.546. The molecule has 2 aliphatic heterocycles. The van der Waals surface area contributed by atoms with Gasteiger partial charge in [-0.15, -0.1) is 0 Å². The minimum atomic E-state index is -0.546. The van der Waals surface area contributed by atoms with Crippen molar-refractivity contribution in [3.05, 3.63) is 35.9 Å². The van der Waals surface area contributed by atoms with E-state index in [2.05, 4.69) is 24.0 Å². The van der Waals surface area contributed by atoms with E-state index in [1.54, 1.807) is 0 Å². The Morgan fingerprint density at radius 1 is 1.15 bits per heavy atom. The maximum Gasteiger partial charge on any atom is 0.163 e. The van der Waals surface area contributed by atoms with Crippen LogP contribution in [-0.2, 0) is 16.0 Å². The molecular formula is C16H23NO3. The summed E-state index contributed by atoms with van der Waals surface area (Å²) in [6.07, 6.45) is -0.0143. The Hall–Kier alpha value is -0.940. The van der Waals surface area contributed by atoms with Crippen LogP contribution >= 0.6 is 0 Å². The number of benzene rings is 1. The highest BCUT2D eigenvalue weighted by Gasteiger charge is 2.55. The highest BCUT2D eigenvalue weighted by atomic mass is 16.8. The molecule has 0 amide bonds. The third-order valence-electron chi connectivity index (χ3n) is 4.36. The van der Waals surface area contributed by atoms with Crippen LogP contribution in [0.15, 0.2) is 30.3 Å². The summed E-state index contributed by atoms with van der Waals surface area (Å²) in [5.41, 5.74) is 1.25. The molecule has 0 unspecified atom stereocenters. The van der Waals surface area contributed by atoms with Crippen molar-refractivity contribution < 1.29 is 14.6 Å². The minimum Gasteiger partial charge on any atom is -0.395 e. The van der Waals surface area contributed by atoms with Gasteiger partial charge in [0.2, 0.25) is 0 Å². The Balaban J connectivity index is 1.79. The number of ether oxygens (including phenoxy) is 2. The molecule has 2 saturated heterocycles. The summed E-state index contributed by atoms with van der Waals surface area (Å²) in [7, 11) is 0. The van der Waals surface area contributed by atoms with Gasteiger partial charge < -0.3 is 14.6 Å². The van der Waals surface area contributed by atoms with Crippen LogP contribution in [0.4, 0.5) is 0 Å². The molecule has 0 saturated carbocycles. The van der Waals surface area contributed by atoms with Gasteiger partial charge in [0.1, 0.15) is 12.2 Å². The third kappa shape index (κ3) is 2.37. The van der Waals surface area contributed by atoms with E-state index in [9.17, 15) is 5.11 Å². The Morgan fingerprint density at radius 2 is 1.80 bits per heavy atom. The van der Waals surface area contributed by atoms with E-state index in [0.29, 0.717) is 0 Å². The number of hydrogen-bond acceptors (Lipinski definition) is 4. The lowest BCUT2D eigenvalue weighted by Gasteiger charge is -2.31. The molecule has 3 rings (SSSR count). The molecule has 0 spiro atoms. The fourth-order valence-electron chi connectivity index (χ4n) is 3.43. The van der Waals surface area contributed by atoms with Crippen molar-refractivity contribution in [2.75, 3.05) is 6.61 Å². The average molecular weight is 277 g/mol. The summed E-state index contributed by atoms with van der Waals surface area (Å²) in [6, 6.07) is 10.6. The van der Waals surface area contributed by atoms with Crippen LogP contribution in [0.5, 0.6) is 0 Å². The van der Waals surface area contributed by atoms with Crippen LogP contribution < -0.4 is 0 Å². The Morgan fingerprint density at radius 3 is 2.45 bits per heavy atom. The van der Waals surface area contributed by atoms with Crippen molar-refractivity contribution in [2.24, 2.45) is 0 Å². The van der Waals surface area contributed by atoms with Crippen LogP contribution in [0.2, 0.25) is 0 Å². The Kier molecular flexibility index (Phi) is 3.58. The number of aliphatic hydroxyl groups excluding tert-OH is 1. The smallest absolute Gasteiger partial charge is 0.163 e. The first-order chi connectivity index (χ1) is 9.52. The van der Waals surface area contributed by atoms with Gasteiger partial charge in [0.05, 0.1) is 12.6 Å². The second-order valence-electron chi connectivity index (χ2n) is 6.21. The lowest BCUT2D eigenvalue weighted by molar-refractivity contribution is -0.169. The fourth-order valence-corrected chi connectivity index (χ4v) is 3.43. The van der Waals surface area contributed by atoms with Crippen LogP contribution in [0.3, 0.4) is 0 Å². The standard InChI is InChI=1S/C16H23NO3/c1-11-14-15(20-16(2,3)19-14)13(10-18)17(11)9-12-7-5-4-6-8-12/h4-8,11,13-15,18H,9-10H2,1-3H3/t11-,13-,14+,15-/m0/s1. The molecule has 2 fully saturated rings. The van der Waals surface area contributed by atoms with Crippen LogP contribution in [0.1, 0.15) is 26.3 Å². The second kappa shape index (κ2) is 5.11. The second-order valence-corrected chi connectivity index (χ2v) is 6.21. The summed E-state index contributed by atoms with van der Waals surface area (Å²) in [4.78, 5) is 2.29. The quantitative estimate of drug-likeness (QED) is 0.914. The lowest BCUT2D eigenvalue weighted by atomic mass is 10.1. The van der Waals surface area contributed by atoms with Crippen molar-refractivity contribution in [1.29, 1.82) is 0 Å². The van der Waals surface area contributed by atoms with Crippen LogP contribution in [0, 0.1) is 0 Å². The van der Waals surface area contributed by atoms with E-state index < -0.39 is 5.79 Å². The van der Waals surface area contributed by atoms with Crippen molar-refractivity contribution >= 4 is 0 Å². The molecule has 0 aliphatic carbocycles. The Labute approximate surface area is 120 Å². The molecule has 20 heavy (non-hydrogen) atoms. The van der Waals surface area contributed by atoms with Crippen molar-refractivity contribution in [1.82, 2.24) is 4.90 Å². The van der Waals surface area contributed by atoms with E-state index in [0.717, 1.165) is 6.54 Å². The fraction of sp³-hybridized carbons (Fsp3) is 0.625. The number of rotatable bonds is 3. The van der Waals surface area contributed by atoms with E-state index in [-0.39, 0.29) is 30.9 Å². The molecular weight excluding hydrogens is 254 g/mol. The molecule has 1 aromatic carbocycles. The van der Waals surface area contributed by atoms with Gasteiger partial charge in [-0.25, -0.2) is 0 Å². The maximum absolute atomic E-state index is 9.77.